The topological polar surface area (TPSA) is 49.4 Å². The third kappa shape index (κ3) is 6.13. The van der Waals surface area contributed by atoms with E-state index in [0.717, 1.165) is 21.2 Å². The van der Waals surface area contributed by atoms with Crippen molar-refractivity contribution < 1.29 is 9.59 Å². The normalized spacial score (nSPS) is 15.2. The van der Waals surface area contributed by atoms with E-state index >= 15 is 0 Å². The molecular formula is C22H21IN2O2S2. The second-order valence-electron chi connectivity index (χ2n) is 6.59. The highest BCUT2D eigenvalue weighted by Gasteiger charge is 2.31. The van der Waals surface area contributed by atoms with Crippen LogP contribution in [-0.4, -0.2) is 27.6 Å². The Kier molecular flexibility index (Phi) is 7.85. The van der Waals surface area contributed by atoms with Gasteiger partial charge in [0.05, 0.1) is 4.91 Å². The number of benzene rings is 2. The molecular weight excluding hydrogens is 515 g/mol. The Bertz CT molecular complexity index is 940. The van der Waals surface area contributed by atoms with E-state index < -0.39 is 0 Å². The van der Waals surface area contributed by atoms with Gasteiger partial charge in [-0.05, 0) is 76.9 Å². The van der Waals surface area contributed by atoms with Gasteiger partial charge < -0.3 is 5.32 Å². The van der Waals surface area contributed by atoms with Crippen molar-refractivity contribution in [3.05, 3.63) is 68.1 Å². The summed E-state index contributed by atoms with van der Waals surface area (Å²) in [6.45, 7) is 2.55. The van der Waals surface area contributed by atoms with Crippen molar-refractivity contribution in [1.29, 1.82) is 0 Å². The lowest BCUT2D eigenvalue weighted by molar-refractivity contribution is -0.122. The van der Waals surface area contributed by atoms with E-state index in [9.17, 15) is 9.59 Å². The molecule has 0 spiro atoms. The molecule has 1 saturated heterocycles. The summed E-state index contributed by atoms with van der Waals surface area (Å²) in [5.74, 6) is -0.152. The molecule has 0 aliphatic carbocycles. The van der Waals surface area contributed by atoms with Gasteiger partial charge in [0.15, 0.2) is 0 Å². The second kappa shape index (κ2) is 10.4. The zero-order valence-electron chi connectivity index (χ0n) is 16.0. The van der Waals surface area contributed by atoms with Gasteiger partial charge in [-0.1, -0.05) is 55.2 Å². The molecule has 0 atom stereocenters. The van der Waals surface area contributed by atoms with Crippen LogP contribution in [0.15, 0.2) is 53.4 Å². The number of carbonyl (C=O) groups excluding carboxylic acids is 2. The number of anilines is 1. The van der Waals surface area contributed by atoms with Crippen LogP contribution in [0.25, 0.3) is 6.08 Å². The number of rotatable bonds is 7. The number of hydrogen-bond donors (Lipinski definition) is 1. The Balaban J connectivity index is 1.52. The van der Waals surface area contributed by atoms with E-state index in [1.165, 1.54) is 17.3 Å². The third-order valence-corrected chi connectivity index (χ3v) is 6.57. The summed E-state index contributed by atoms with van der Waals surface area (Å²) in [4.78, 5) is 27.0. The molecule has 4 nitrogen and oxygen atoms in total. The van der Waals surface area contributed by atoms with Crippen LogP contribution in [0.4, 0.5) is 5.69 Å². The van der Waals surface area contributed by atoms with E-state index in [0.29, 0.717) is 28.6 Å². The predicted molar refractivity (Wildman–Crippen MR) is 133 cm³/mol. The largest absolute Gasteiger partial charge is 0.326 e. The van der Waals surface area contributed by atoms with E-state index in [4.69, 9.17) is 12.2 Å². The van der Waals surface area contributed by atoms with Crippen molar-refractivity contribution in [3.63, 3.8) is 0 Å². The zero-order valence-corrected chi connectivity index (χ0v) is 19.8. The van der Waals surface area contributed by atoms with Crippen molar-refractivity contribution in [3.8, 4) is 0 Å². The van der Waals surface area contributed by atoms with Gasteiger partial charge in [-0.25, -0.2) is 0 Å². The Morgan fingerprint density at radius 1 is 1.17 bits per heavy atom. The van der Waals surface area contributed by atoms with Crippen molar-refractivity contribution in [1.82, 2.24) is 4.90 Å². The average Bonchev–Trinajstić information content (AvgIpc) is 2.97. The fourth-order valence-electron chi connectivity index (χ4n) is 2.85. The lowest BCUT2D eigenvalue weighted by atomic mass is 10.1. The van der Waals surface area contributed by atoms with Crippen molar-refractivity contribution in [2.75, 3.05) is 11.9 Å². The molecule has 0 bridgehead atoms. The molecule has 1 aliphatic rings. The number of thioether (sulfide) groups is 1. The Morgan fingerprint density at radius 3 is 2.52 bits per heavy atom. The summed E-state index contributed by atoms with van der Waals surface area (Å²) in [6.07, 6.45) is 3.75. The van der Waals surface area contributed by atoms with Crippen molar-refractivity contribution in [2.24, 2.45) is 0 Å². The van der Waals surface area contributed by atoms with Gasteiger partial charge in [0.1, 0.15) is 4.32 Å². The molecule has 29 heavy (non-hydrogen) atoms. The van der Waals surface area contributed by atoms with Gasteiger partial charge in [0.2, 0.25) is 5.91 Å². The Morgan fingerprint density at radius 2 is 1.86 bits per heavy atom. The molecule has 2 amide bonds. The fourth-order valence-corrected chi connectivity index (χ4v) is 4.52. The number of thiocarbonyl (C=S) groups is 1. The first-order chi connectivity index (χ1) is 14.0. The first-order valence-electron chi connectivity index (χ1n) is 9.36. The summed E-state index contributed by atoms with van der Waals surface area (Å²) in [5.41, 5.74) is 3.02. The second-order valence-corrected chi connectivity index (χ2v) is 9.51. The van der Waals surface area contributed by atoms with E-state index in [2.05, 4.69) is 47.0 Å². The number of nitrogens with zero attached hydrogens (tertiary/aromatic N) is 1. The molecule has 0 radical (unpaired) electrons. The number of halogens is 1. The molecule has 1 N–H and O–H groups in total. The van der Waals surface area contributed by atoms with Crippen LogP contribution in [0.2, 0.25) is 0 Å². The first-order valence-corrected chi connectivity index (χ1v) is 11.7. The third-order valence-electron chi connectivity index (χ3n) is 4.47. The molecule has 1 aliphatic heterocycles. The van der Waals surface area contributed by atoms with Gasteiger partial charge in [-0.3, -0.25) is 14.5 Å². The summed E-state index contributed by atoms with van der Waals surface area (Å²) >= 11 is 8.91. The average molecular weight is 536 g/mol. The predicted octanol–water partition coefficient (Wildman–Crippen LogP) is 5.47. The van der Waals surface area contributed by atoms with Crippen LogP contribution in [0.1, 0.15) is 30.9 Å². The van der Waals surface area contributed by atoms with E-state index in [1.807, 2.05) is 42.5 Å². The Labute approximate surface area is 194 Å². The van der Waals surface area contributed by atoms with Crippen molar-refractivity contribution in [2.45, 2.75) is 26.2 Å². The molecule has 2 aromatic rings. The highest BCUT2D eigenvalue weighted by molar-refractivity contribution is 14.1. The standard InChI is InChI=1S/C22H21IN2O2S2/c1-2-15-5-7-16(8-6-15)14-19-21(27)25(22(28)29-19)13-3-4-20(26)24-18-11-9-17(23)10-12-18/h5-12,14H,2-4,13H2,1H3,(H,24,26). The molecule has 0 saturated carbocycles. The summed E-state index contributed by atoms with van der Waals surface area (Å²) in [7, 11) is 0. The molecule has 2 aromatic carbocycles. The smallest absolute Gasteiger partial charge is 0.266 e. The van der Waals surface area contributed by atoms with Crippen LogP contribution in [0.5, 0.6) is 0 Å². The molecule has 150 valence electrons. The lowest BCUT2D eigenvalue weighted by Crippen LogP contribution is -2.29. The van der Waals surface area contributed by atoms with Crippen LogP contribution in [0, 0.1) is 3.57 Å². The first kappa shape index (κ1) is 22.0. The molecule has 3 rings (SSSR count). The summed E-state index contributed by atoms with van der Waals surface area (Å²) in [6, 6.07) is 15.8. The van der Waals surface area contributed by atoms with Crippen LogP contribution < -0.4 is 5.32 Å². The van der Waals surface area contributed by atoms with Gasteiger partial charge >= 0.3 is 0 Å². The van der Waals surface area contributed by atoms with Gasteiger partial charge in [0, 0.05) is 22.2 Å². The van der Waals surface area contributed by atoms with Crippen LogP contribution in [-0.2, 0) is 16.0 Å². The minimum Gasteiger partial charge on any atom is -0.326 e. The van der Waals surface area contributed by atoms with Crippen molar-refractivity contribution >= 4 is 74.5 Å². The fraction of sp³-hybridized carbons (Fsp3) is 0.227. The molecule has 0 aromatic heterocycles. The van der Waals surface area contributed by atoms with Crippen LogP contribution in [0.3, 0.4) is 0 Å². The maximum atomic E-state index is 12.7. The molecule has 1 fully saturated rings. The zero-order chi connectivity index (χ0) is 20.8. The number of carbonyl (C=O) groups is 2. The maximum Gasteiger partial charge on any atom is 0.266 e. The summed E-state index contributed by atoms with van der Waals surface area (Å²) in [5, 5.41) is 2.87. The lowest BCUT2D eigenvalue weighted by Gasteiger charge is -2.14. The van der Waals surface area contributed by atoms with Crippen LogP contribution >= 0.6 is 46.6 Å². The van der Waals surface area contributed by atoms with Gasteiger partial charge in [-0.2, -0.15) is 0 Å². The Hall–Kier alpha value is -1.71. The van der Waals surface area contributed by atoms with E-state index in [-0.39, 0.29) is 11.8 Å². The van der Waals surface area contributed by atoms with E-state index in [1.54, 1.807) is 4.90 Å². The van der Waals surface area contributed by atoms with Gasteiger partial charge in [0.25, 0.3) is 5.91 Å². The summed E-state index contributed by atoms with van der Waals surface area (Å²) < 4.78 is 1.66. The maximum absolute atomic E-state index is 12.7. The number of amides is 2. The monoisotopic (exact) mass is 536 g/mol. The SMILES string of the molecule is CCc1ccc(C=C2SC(=S)N(CCCC(=O)Nc3ccc(I)cc3)C2=O)cc1. The molecule has 1 heterocycles. The number of aryl methyl sites for hydroxylation is 1. The number of nitrogens with one attached hydrogen (secondary N) is 1. The quantitative estimate of drug-likeness (QED) is 0.290. The number of hydrogen-bond acceptors (Lipinski definition) is 4. The molecule has 0 unspecified atom stereocenters. The van der Waals surface area contributed by atoms with Gasteiger partial charge in [-0.15, -0.1) is 0 Å². The highest BCUT2D eigenvalue weighted by atomic mass is 127. The molecule has 7 heteroatoms. The minimum atomic E-state index is -0.0855. The highest BCUT2D eigenvalue weighted by Crippen LogP contribution is 2.32. The minimum absolute atomic E-state index is 0.0665.